The van der Waals surface area contributed by atoms with E-state index in [-0.39, 0.29) is 5.91 Å². The highest BCUT2D eigenvalue weighted by Gasteiger charge is 2.40. The van der Waals surface area contributed by atoms with E-state index < -0.39 is 11.8 Å². The Labute approximate surface area is 138 Å². The molecule has 24 heavy (non-hydrogen) atoms. The van der Waals surface area contributed by atoms with Crippen LogP contribution in [-0.4, -0.2) is 16.8 Å². The minimum absolute atomic E-state index is 0.0553. The molecule has 2 heterocycles. The Hall–Kier alpha value is -3.34. The molecule has 1 aromatic heterocycles. The van der Waals surface area contributed by atoms with Gasteiger partial charge < -0.3 is 10.7 Å². The molecule has 0 bridgehead atoms. The first-order valence-electron chi connectivity index (χ1n) is 7.63. The summed E-state index contributed by atoms with van der Waals surface area (Å²) in [7, 11) is 0. The molecule has 2 amide bonds. The highest BCUT2D eigenvalue weighted by molar-refractivity contribution is 6.12. The van der Waals surface area contributed by atoms with Gasteiger partial charge in [0, 0.05) is 23.1 Å². The van der Waals surface area contributed by atoms with E-state index in [4.69, 9.17) is 5.73 Å². The van der Waals surface area contributed by atoms with Gasteiger partial charge in [-0.15, -0.1) is 0 Å². The van der Waals surface area contributed by atoms with Crippen molar-refractivity contribution in [1.29, 1.82) is 0 Å². The average molecular weight is 317 g/mol. The lowest BCUT2D eigenvalue weighted by molar-refractivity contribution is -0.117. The number of nitrogens with two attached hydrogens (primary N) is 1. The van der Waals surface area contributed by atoms with Gasteiger partial charge in [0.1, 0.15) is 5.92 Å². The first kappa shape index (κ1) is 14.3. The lowest BCUT2D eigenvalue weighted by Crippen LogP contribution is -2.24. The van der Waals surface area contributed by atoms with Gasteiger partial charge in [0.25, 0.3) is 0 Å². The number of nitrogens with zero attached hydrogens (tertiary/aromatic N) is 1. The van der Waals surface area contributed by atoms with E-state index in [1.165, 1.54) is 0 Å². The van der Waals surface area contributed by atoms with E-state index in [1.54, 1.807) is 29.3 Å². The minimum Gasteiger partial charge on any atom is -0.366 e. The van der Waals surface area contributed by atoms with Crippen molar-refractivity contribution in [2.45, 2.75) is 5.92 Å². The van der Waals surface area contributed by atoms with E-state index >= 15 is 0 Å². The van der Waals surface area contributed by atoms with Crippen molar-refractivity contribution in [3.8, 4) is 0 Å². The van der Waals surface area contributed by atoms with Gasteiger partial charge in [0.15, 0.2) is 0 Å². The molecule has 0 spiro atoms. The number of primary amides is 1. The molecule has 1 aliphatic rings. The van der Waals surface area contributed by atoms with Crippen LogP contribution in [0.1, 0.15) is 27.5 Å². The second-order valence-electron chi connectivity index (χ2n) is 5.71. The van der Waals surface area contributed by atoms with Crippen molar-refractivity contribution >= 4 is 23.2 Å². The number of fused-ring (bicyclic) bond motifs is 1. The fourth-order valence-corrected chi connectivity index (χ4v) is 3.19. The summed E-state index contributed by atoms with van der Waals surface area (Å²) in [4.78, 5) is 29.5. The Morgan fingerprint density at radius 1 is 1.04 bits per heavy atom. The maximum atomic E-state index is 13.1. The highest BCUT2D eigenvalue weighted by Crippen LogP contribution is 2.44. The zero-order valence-corrected chi connectivity index (χ0v) is 12.8. The van der Waals surface area contributed by atoms with E-state index in [0.29, 0.717) is 5.56 Å². The SMILES string of the molecule is NC(=O)c1ccc2c(c1)C(c1ccc[nH]1)C(=O)N2c1ccccc1. The van der Waals surface area contributed by atoms with Gasteiger partial charge >= 0.3 is 0 Å². The Morgan fingerprint density at radius 2 is 1.83 bits per heavy atom. The number of carbonyl (C=O) groups excluding carboxylic acids is 2. The molecule has 3 N–H and O–H groups in total. The summed E-state index contributed by atoms with van der Waals surface area (Å²) in [5.41, 5.74) is 8.95. The molecule has 1 unspecified atom stereocenters. The van der Waals surface area contributed by atoms with Gasteiger partial charge in [-0.2, -0.15) is 0 Å². The molecule has 5 nitrogen and oxygen atoms in total. The van der Waals surface area contributed by atoms with Crippen LogP contribution < -0.4 is 10.6 Å². The van der Waals surface area contributed by atoms with Crippen molar-refractivity contribution < 1.29 is 9.59 Å². The van der Waals surface area contributed by atoms with Crippen LogP contribution in [0.4, 0.5) is 11.4 Å². The number of H-pyrrole nitrogens is 1. The molecule has 118 valence electrons. The molecule has 0 aliphatic carbocycles. The number of benzene rings is 2. The van der Waals surface area contributed by atoms with Crippen LogP contribution >= 0.6 is 0 Å². The molecular formula is C19H15N3O2. The molecule has 0 saturated heterocycles. The third-order valence-electron chi connectivity index (χ3n) is 4.28. The van der Waals surface area contributed by atoms with Crippen molar-refractivity contribution in [2.24, 2.45) is 5.73 Å². The Kier molecular flexibility index (Phi) is 3.20. The number of para-hydroxylation sites is 1. The zero-order valence-electron chi connectivity index (χ0n) is 12.8. The van der Waals surface area contributed by atoms with E-state index in [0.717, 1.165) is 22.6 Å². The standard InChI is InChI=1S/C19H15N3O2/c20-18(23)12-8-9-16-14(11-12)17(15-7-4-10-21-15)19(24)22(16)13-5-2-1-3-6-13/h1-11,17,21H,(H2,20,23). The Bertz CT molecular complexity index is 917. The summed E-state index contributed by atoms with van der Waals surface area (Å²) in [5.74, 6) is -1.04. The van der Waals surface area contributed by atoms with E-state index in [9.17, 15) is 9.59 Å². The number of anilines is 2. The molecule has 0 radical (unpaired) electrons. The smallest absolute Gasteiger partial charge is 0.248 e. The van der Waals surface area contributed by atoms with Gasteiger partial charge in [0.2, 0.25) is 11.8 Å². The van der Waals surface area contributed by atoms with E-state index in [2.05, 4.69) is 4.98 Å². The monoisotopic (exact) mass is 317 g/mol. The molecule has 3 aromatic rings. The average Bonchev–Trinajstić information content (AvgIpc) is 3.20. The summed E-state index contributed by atoms with van der Waals surface area (Å²) in [6.45, 7) is 0. The largest absolute Gasteiger partial charge is 0.366 e. The first-order chi connectivity index (χ1) is 11.7. The lowest BCUT2D eigenvalue weighted by Gasteiger charge is -2.18. The molecule has 4 rings (SSSR count). The third kappa shape index (κ3) is 2.10. The maximum Gasteiger partial charge on any atom is 0.248 e. The summed E-state index contributed by atoms with van der Waals surface area (Å²) in [6.07, 6.45) is 1.78. The van der Waals surface area contributed by atoms with Crippen LogP contribution in [0, 0.1) is 0 Å². The van der Waals surface area contributed by atoms with E-state index in [1.807, 2.05) is 42.5 Å². The van der Waals surface area contributed by atoms with Crippen LogP contribution in [0.5, 0.6) is 0 Å². The van der Waals surface area contributed by atoms with Gasteiger partial charge in [-0.25, -0.2) is 0 Å². The molecule has 1 atom stereocenters. The molecule has 0 fully saturated rings. The summed E-state index contributed by atoms with van der Waals surface area (Å²) >= 11 is 0. The van der Waals surface area contributed by atoms with Gasteiger partial charge in [-0.3, -0.25) is 14.5 Å². The fourth-order valence-electron chi connectivity index (χ4n) is 3.19. The second-order valence-corrected chi connectivity index (χ2v) is 5.71. The van der Waals surface area contributed by atoms with Crippen molar-refractivity contribution in [3.63, 3.8) is 0 Å². The normalized spacial score (nSPS) is 16.2. The maximum absolute atomic E-state index is 13.1. The number of nitrogens with one attached hydrogen (secondary N) is 1. The van der Waals surface area contributed by atoms with Crippen LogP contribution in [-0.2, 0) is 4.79 Å². The fraction of sp³-hybridized carbons (Fsp3) is 0.0526. The molecule has 5 heteroatoms. The number of hydrogen-bond acceptors (Lipinski definition) is 2. The van der Waals surface area contributed by atoms with Gasteiger partial charge in [-0.1, -0.05) is 18.2 Å². The van der Waals surface area contributed by atoms with Crippen LogP contribution in [0.15, 0.2) is 66.9 Å². The predicted octanol–water partition coefficient (Wildman–Crippen LogP) is 2.92. The molecule has 2 aromatic carbocycles. The summed E-state index contributed by atoms with van der Waals surface area (Å²) in [5, 5.41) is 0. The zero-order chi connectivity index (χ0) is 16.7. The quantitative estimate of drug-likeness (QED) is 0.779. The Morgan fingerprint density at radius 3 is 2.50 bits per heavy atom. The minimum atomic E-state index is -0.506. The van der Waals surface area contributed by atoms with Crippen molar-refractivity contribution in [2.75, 3.05) is 4.90 Å². The number of rotatable bonds is 3. The number of hydrogen-bond donors (Lipinski definition) is 2. The highest BCUT2D eigenvalue weighted by atomic mass is 16.2. The summed E-state index contributed by atoms with van der Waals surface area (Å²) in [6, 6.07) is 18.3. The predicted molar refractivity (Wildman–Crippen MR) is 91.2 cm³/mol. The second kappa shape index (κ2) is 5.38. The number of aromatic amines is 1. The number of carbonyl (C=O) groups is 2. The van der Waals surface area contributed by atoms with Crippen LogP contribution in [0.3, 0.4) is 0 Å². The Balaban J connectivity index is 1.92. The first-order valence-corrected chi connectivity index (χ1v) is 7.63. The molecular weight excluding hydrogens is 302 g/mol. The third-order valence-corrected chi connectivity index (χ3v) is 4.28. The lowest BCUT2D eigenvalue weighted by atomic mass is 9.95. The van der Waals surface area contributed by atoms with Crippen molar-refractivity contribution in [1.82, 2.24) is 4.98 Å². The summed E-state index contributed by atoms with van der Waals surface area (Å²) < 4.78 is 0. The molecule has 0 saturated carbocycles. The topological polar surface area (TPSA) is 79.2 Å². The van der Waals surface area contributed by atoms with Crippen LogP contribution in [0.2, 0.25) is 0 Å². The van der Waals surface area contributed by atoms with Gasteiger partial charge in [0.05, 0.1) is 5.69 Å². The van der Waals surface area contributed by atoms with Crippen LogP contribution in [0.25, 0.3) is 0 Å². The van der Waals surface area contributed by atoms with Gasteiger partial charge in [-0.05, 0) is 48.0 Å². The number of aromatic nitrogens is 1. The van der Waals surface area contributed by atoms with Crippen molar-refractivity contribution in [3.05, 3.63) is 83.7 Å². The molecule has 1 aliphatic heterocycles. The number of amides is 2.